The first-order valence-corrected chi connectivity index (χ1v) is 8.68. The summed E-state index contributed by atoms with van der Waals surface area (Å²) in [7, 11) is -0.514. The number of hydrogen-bond acceptors (Lipinski definition) is 5. The van der Waals surface area contributed by atoms with E-state index in [1.165, 1.54) is 0 Å². The van der Waals surface area contributed by atoms with Crippen LogP contribution in [0.2, 0.25) is 0 Å². The molecule has 5 nitrogen and oxygen atoms in total. The van der Waals surface area contributed by atoms with Gasteiger partial charge in [-0.05, 0) is 61.3 Å². The summed E-state index contributed by atoms with van der Waals surface area (Å²) in [5.41, 5.74) is -0.356. The van der Waals surface area contributed by atoms with Crippen molar-refractivity contribution >= 4 is 12.6 Å². The van der Waals surface area contributed by atoms with Crippen LogP contribution in [0.15, 0.2) is 12.4 Å². The van der Waals surface area contributed by atoms with Gasteiger partial charge in [-0.15, -0.1) is 0 Å². The fraction of sp³-hybridized carbons (Fsp3) is 0.722. The molecule has 132 valence electrons. The molecule has 2 aliphatic rings. The van der Waals surface area contributed by atoms with Gasteiger partial charge in [0, 0.05) is 11.7 Å². The van der Waals surface area contributed by atoms with Gasteiger partial charge in [-0.2, -0.15) is 0 Å². The van der Waals surface area contributed by atoms with Crippen LogP contribution in [0.4, 0.5) is 0 Å². The van der Waals surface area contributed by atoms with Crippen LogP contribution in [0, 0.1) is 0 Å². The van der Waals surface area contributed by atoms with Crippen molar-refractivity contribution in [3.63, 3.8) is 0 Å². The largest absolute Gasteiger partial charge is 0.500 e. The molecule has 0 N–H and O–H groups in total. The first-order chi connectivity index (χ1) is 11.0. The molecule has 1 saturated carbocycles. The number of nitrogens with zero attached hydrogens (tertiary/aromatic N) is 1. The van der Waals surface area contributed by atoms with Crippen molar-refractivity contribution in [2.45, 2.75) is 84.2 Å². The smallest absolute Gasteiger partial charge is 0.487 e. The fourth-order valence-corrected chi connectivity index (χ4v) is 2.46. The minimum absolute atomic E-state index is 0.246. The molecule has 1 aromatic rings. The molecule has 2 fully saturated rings. The van der Waals surface area contributed by atoms with E-state index >= 15 is 0 Å². The van der Waals surface area contributed by atoms with Crippen molar-refractivity contribution in [1.82, 2.24) is 4.98 Å². The van der Waals surface area contributed by atoms with E-state index in [9.17, 15) is 0 Å². The van der Waals surface area contributed by atoms with Crippen LogP contribution in [0.5, 0.6) is 11.5 Å². The molecular weight excluding hydrogens is 305 g/mol. The molecule has 1 aliphatic heterocycles. The molecule has 6 heteroatoms. The summed E-state index contributed by atoms with van der Waals surface area (Å²) >= 11 is 0. The van der Waals surface area contributed by atoms with Gasteiger partial charge in [0.1, 0.15) is 5.60 Å². The van der Waals surface area contributed by atoms with Crippen molar-refractivity contribution in [3.8, 4) is 11.5 Å². The van der Waals surface area contributed by atoms with Crippen molar-refractivity contribution in [2.75, 3.05) is 0 Å². The molecule has 3 rings (SSSR count). The predicted octanol–water partition coefficient (Wildman–Crippen LogP) is 3.10. The molecule has 0 amide bonds. The van der Waals surface area contributed by atoms with E-state index in [1.54, 1.807) is 12.4 Å². The lowest BCUT2D eigenvalue weighted by molar-refractivity contribution is 0.00578. The van der Waals surface area contributed by atoms with Crippen molar-refractivity contribution in [1.29, 1.82) is 0 Å². The molecule has 1 aliphatic carbocycles. The van der Waals surface area contributed by atoms with Gasteiger partial charge in [-0.25, -0.2) is 0 Å². The summed E-state index contributed by atoms with van der Waals surface area (Å²) in [6, 6.07) is 0. The summed E-state index contributed by atoms with van der Waals surface area (Å²) in [5.74, 6) is 1.34. The first kappa shape index (κ1) is 17.6. The third-order valence-corrected chi connectivity index (χ3v) is 4.62. The van der Waals surface area contributed by atoms with Crippen LogP contribution in [0.3, 0.4) is 0 Å². The third-order valence-electron chi connectivity index (χ3n) is 4.62. The zero-order chi connectivity index (χ0) is 17.8. The second-order valence-corrected chi connectivity index (χ2v) is 8.68. The van der Waals surface area contributed by atoms with E-state index in [-0.39, 0.29) is 11.7 Å². The van der Waals surface area contributed by atoms with E-state index in [1.807, 2.05) is 48.5 Å². The van der Waals surface area contributed by atoms with Gasteiger partial charge in [-0.1, -0.05) is 0 Å². The number of aromatic nitrogens is 1. The van der Waals surface area contributed by atoms with Crippen molar-refractivity contribution in [3.05, 3.63) is 12.4 Å². The van der Waals surface area contributed by atoms with Crippen molar-refractivity contribution in [2.24, 2.45) is 0 Å². The number of rotatable bonds is 4. The maximum Gasteiger partial charge on any atom is 0.500 e. The lowest BCUT2D eigenvalue weighted by Crippen LogP contribution is -2.41. The third kappa shape index (κ3) is 3.54. The van der Waals surface area contributed by atoms with E-state index < -0.39 is 18.3 Å². The lowest BCUT2D eigenvalue weighted by atomic mass is 9.79. The highest BCUT2D eigenvalue weighted by Crippen LogP contribution is 2.39. The molecule has 0 bridgehead atoms. The Kier molecular flexibility index (Phi) is 4.12. The van der Waals surface area contributed by atoms with Gasteiger partial charge in [0.2, 0.25) is 0 Å². The van der Waals surface area contributed by atoms with Crippen LogP contribution in [0.25, 0.3) is 0 Å². The Bertz CT molecular complexity index is 604. The van der Waals surface area contributed by atoms with Crippen LogP contribution < -0.4 is 14.9 Å². The average Bonchev–Trinajstić information content (AvgIpc) is 3.17. The minimum Gasteiger partial charge on any atom is -0.487 e. The Labute approximate surface area is 145 Å². The van der Waals surface area contributed by atoms with Crippen molar-refractivity contribution < 1.29 is 18.8 Å². The standard InChI is InChI=1S/C18H28BNO4/c1-16(2,3)22-14-11-20-10-13(15(14)21-12-8-9-12)19-23-17(4,5)18(6,7)24-19/h10-12H,8-9H2,1-7H3. The lowest BCUT2D eigenvalue weighted by Gasteiger charge is -2.32. The minimum atomic E-state index is -0.514. The van der Waals surface area contributed by atoms with Crippen LogP contribution in [-0.4, -0.2) is 35.0 Å². The molecular formula is C18H28BNO4. The summed E-state index contributed by atoms with van der Waals surface area (Å²) in [5, 5.41) is 0. The monoisotopic (exact) mass is 333 g/mol. The molecule has 1 aromatic heterocycles. The van der Waals surface area contributed by atoms with Crippen LogP contribution in [0.1, 0.15) is 61.3 Å². The molecule has 1 saturated heterocycles. The molecule has 0 aromatic carbocycles. The Morgan fingerprint density at radius 3 is 2.17 bits per heavy atom. The Morgan fingerprint density at radius 1 is 1.08 bits per heavy atom. The van der Waals surface area contributed by atoms with Crippen LogP contribution >= 0.6 is 0 Å². The van der Waals surface area contributed by atoms with Gasteiger partial charge < -0.3 is 18.8 Å². The highest BCUT2D eigenvalue weighted by atomic mass is 16.7. The highest BCUT2D eigenvalue weighted by molar-refractivity contribution is 6.63. The molecule has 0 spiro atoms. The van der Waals surface area contributed by atoms with E-state index in [2.05, 4.69) is 4.98 Å². The normalized spacial score (nSPS) is 22.5. The summed E-state index contributed by atoms with van der Waals surface area (Å²) < 4.78 is 24.6. The van der Waals surface area contributed by atoms with E-state index in [0.29, 0.717) is 11.5 Å². The van der Waals surface area contributed by atoms with Gasteiger partial charge in [0.05, 0.1) is 23.5 Å². The second kappa shape index (κ2) is 5.63. The van der Waals surface area contributed by atoms with Gasteiger partial charge in [0.15, 0.2) is 11.5 Å². The molecule has 24 heavy (non-hydrogen) atoms. The maximum absolute atomic E-state index is 6.18. The second-order valence-electron chi connectivity index (χ2n) is 8.68. The quantitative estimate of drug-likeness (QED) is 0.793. The summed E-state index contributed by atoms with van der Waals surface area (Å²) in [6.07, 6.45) is 5.85. The fourth-order valence-electron chi connectivity index (χ4n) is 2.46. The van der Waals surface area contributed by atoms with Gasteiger partial charge in [0.25, 0.3) is 0 Å². The molecule has 0 atom stereocenters. The first-order valence-electron chi connectivity index (χ1n) is 8.68. The van der Waals surface area contributed by atoms with Gasteiger partial charge in [-0.3, -0.25) is 4.98 Å². The molecule has 0 unspecified atom stereocenters. The zero-order valence-corrected chi connectivity index (χ0v) is 15.8. The molecule has 0 radical (unpaired) electrons. The number of pyridine rings is 1. The van der Waals surface area contributed by atoms with Gasteiger partial charge >= 0.3 is 7.12 Å². The Morgan fingerprint density at radius 2 is 1.67 bits per heavy atom. The Balaban J connectivity index is 1.96. The van der Waals surface area contributed by atoms with E-state index in [0.717, 1.165) is 18.3 Å². The van der Waals surface area contributed by atoms with E-state index in [4.69, 9.17) is 18.8 Å². The Hall–Kier alpha value is -1.27. The van der Waals surface area contributed by atoms with Crippen LogP contribution in [-0.2, 0) is 9.31 Å². The maximum atomic E-state index is 6.18. The molecule has 2 heterocycles. The number of ether oxygens (including phenoxy) is 2. The SMILES string of the molecule is CC(C)(C)Oc1cncc(B2OC(C)(C)C(C)(C)O2)c1OC1CC1. The number of hydrogen-bond donors (Lipinski definition) is 0. The summed E-state index contributed by atoms with van der Waals surface area (Å²) in [6.45, 7) is 14.2. The summed E-state index contributed by atoms with van der Waals surface area (Å²) in [4.78, 5) is 4.33. The average molecular weight is 333 g/mol. The highest BCUT2D eigenvalue weighted by Gasteiger charge is 2.53. The zero-order valence-electron chi connectivity index (χ0n) is 15.8. The predicted molar refractivity (Wildman–Crippen MR) is 94.0 cm³/mol. The topological polar surface area (TPSA) is 49.8 Å².